The lowest BCUT2D eigenvalue weighted by Gasteiger charge is -2.30. The molecule has 100 valence electrons. The van der Waals surface area contributed by atoms with Crippen LogP contribution < -0.4 is 10.6 Å². The van der Waals surface area contributed by atoms with Crippen molar-refractivity contribution < 1.29 is 4.39 Å². The van der Waals surface area contributed by atoms with Crippen LogP contribution in [0.3, 0.4) is 0 Å². The molecule has 0 aliphatic heterocycles. The Morgan fingerprint density at radius 3 is 2.42 bits per heavy atom. The minimum Gasteiger partial charge on any atom is -0.366 e. The molecule has 0 aliphatic carbocycles. The van der Waals surface area contributed by atoms with Crippen molar-refractivity contribution in [3.63, 3.8) is 0 Å². The number of anilines is 1. The molecule has 0 aromatic heterocycles. The van der Waals surface area contributed by atoms with Crippen molar-refractivity contribution in [3.8, 4) is 0 Å². The van der Waals surface area contributed by atoms with Crippen LogP contribution in [-0.4, -0.2) is 13.6 Å². The van der Waals surface area contributed by atoms with Crippen molar-refractivity contribution in [2.45, 2.75) is 13.0 Å². The molecule has 2 N–H and O–H groups in total. The lowest BCUT2D eigenvalue weighted by molar-refractivity contribution is 0.620. The summed E-state index contributed by atoms with van der Waals surface area (Å²) in [6.45, 7) is 2.40. The zero-order valence-electron chi connectivity index (χ0n) is 11.3. The van der Waals surface area contributed by atoms with Crippen molar-refractivity contribution in [1.82, 2.24) is 0 Å². The molecule has 0 saturated heterocycles. The number of aryl methyl sites for hydroxylation is 1. The Labute approximate surface area is 113 Å². The fourth-order valence-corrected chi connectivity index (χ4v) is 2.35. The molecular weight excluding hydrogens is 239 g/mol. The fraction of sp³-hybridized carbons (Fsp3) is 0.250. The van der Waals surface area contributed by atoms with Gasteiger partial charge in [-0.25, -0.2) is 4.39 Å². The standard InChI is InChI=1S/C16H19FN2/c1-12-10-13(17)8-9-15(12)16(11-18)19(2)14-6-4-3-5-7-14/h3-10,16H,11,18H2,1-2H3. The Morgan fingerprint density at radius 1 is 1.16 bits per heavy atom. The van der Waals surface area contributed by atoms with Crippen molar-refractivity contribution in [3.05, 3.63) is 65.5 Å². The third-order valence-corrected chi connectivity index (χ3v) is 3.45. The van der Waals surface area contributed by atoms with Crippen molar-refractivity contribution in [2.75, 3.05) is 18.5 Å². The molecule has 19 heavy (non-hydrogen) atoms. The zero-order valence-corrected chi connectivity index (χ0v) is 11.3. The summed E-state index contributed by atoms with van der Waals surface area (Å²) < 4.78 is 13.2. The summed E-state index contributed by atoms with van der Waals surface area (Å²) >= 11 is 0. The maximum absolute atomic E-state index is 13.2. The number of benzene rings is 2. The third-order valence-electron chi connectivity index (χ3n) is 3.45. The average molecular weight is 258 g/mol. The molecule has 2 aromatic rings. The van der Waals surface area contributed by atoms with Gasteiger partial charge in [0.2, 0.25) is 0 Å². The highest BCUT2D eigenvalue weighted by molar-refractivity contribution is 5.49. The molecule has 0 aliphatic rings. The number of rotatable bonds is 4. The molecule has 0 heterocycles. The largest absolute Gasteiger partial charge is 0.366 e. The molecule has 1 atom stereocenters. The van der Waals surface area contributed by atoms with Gasteiger partial charge in [-0.05, 0) is 42.3 Å². The summed E-state index contributed by atoms with van der Waals surface area (Å²) in [7, 11) is 2.01. The van der Waals surface area contributed by atoms with E-state index in [1.807, 2.05) is 50.4 Å². The van der Waals surface area contributed by atoms with Crippen LogP contribution >= 0.6 is 0 Å². The first kappa shape index (κ1) is 13.6. The highest BCUT2D eigenvalue weighted by atomic mass is 19.1. The average Bonchev–Trinajstić information content (AvgIpc) is 2.42. The van der Waals surface area contributed by atoms with Gasteiger partial charge in [0.05, 0.1) is 6.04 Å². The Hall–Kier alpha value is -1.87. The van der Waals surface area contributed by atoms with E-state index in [2.05, 4.69) is 4.90 Å². The smallest absolute Gasteiger partial charge is 0.123 e. The van der Waals surface area contributed by atoms with E-state index < -0.39 is 0 Å². The van der Waals surface area contributed by atoms with E-state index in [1.165, 1.54) is 6.07 Å². The van der Waals surface area contributed by atoms with Crippen LogP contribution in [0.1, 0.15) is 17.2 Å². The predicted octanol–water partition coefficient (Wildman–Crippen LogP) is 3.27. The number of para-hydroxylation sites is 1. The van der Waals surface area contributed by atoms with Crippen LogP contribution in [0, 0.1) is 12.7 Å². The minimum absolute atomic E-state index is 0.0444. The van der Waals surface area contributed by atoms with Crippen molar-refractivity contribution >= 4 is 5.69 Å². The molecule has 0 saturated carbocycles. The highest BCUT2D eigenvalue weighted by Crippen LogP contribution is 2.27. The van der Waals surface area contributed by atoms with Crippen LogP contribution in [0.2, 0.25) is 0 Å². The Bertz CT molecular complexity index is 540. The summed E-state index contributed by atoms with van der Waals surface area (Å²) in [6.07, 6.45) is 0. The third kappa shape index (κ3) is 2.93. The SMILES string of the molecule is Cc1cc(F)ccc1C(CN)N(C)c1ccccc1. The molecular formula is C16H19FN2. The second-order valence-electron chi connectivity index (χ2n) is 4.70. The number of halogens is 1. The van der Waals surface area contributed by atoms with Gasteiger partial charge in [-0.2, -0.15) is 0 Å². The summed E-state index contributed by atoms with van der Waals surface area (Å²) in [5.41, 5.74) is 9.01. The zero-order chi connectivity index (χ0) is 13.8. The summed E-state index contributed by atoms with van der Waals surface area (Å²) in [5, 5.41) is 0. The Morgan fingerprint density at radius 2 is 1.84 bits per heavy atom. The van der Waals surface area contributed by atoms with Gasteiger partial charge in [0.25, 0.3) is 0 Å². The first-order valence-corrected chi connectivity index (χ1v) is 6.37. The van der Waals surface area contributed by atoms with Crippen molar-refractivity contribution in [2.24, 2.45) is 5.73 Å². The molecule has 2 aromatic carbocycles. The first-order valence-electron chi connectivity index (χ1n) is 6.37. The minimum atomic E-state index is -0.209. The van der Waals surface area contributed by atoms with Gasteiger partial charge in [0.15, 0.2) is 0 Å². The normalized spacial score (nSPS) is 12.2. The number of hydrogen-bond donors (Lipinski definition) is 1. The number of likely N-dealkylation sites (N-methyl/N-ethyl adjacent to an activating group) is 1. The quantitative estimate of drug-likeness (QED) is 0.912. The molecule has 2 rings (SSSR count). The molecule has 1 unspecified atom stereocenters. The molecule has 0 spiro atoms. The summed E-state index contributed by atoms with van der Waals surface area (Å²) in [4.78, 5) is 2.13. The van der Waals surface area contributed by atoms with Gasteiger partial charge in [-0.15, -0.1) is 0 Å². The lowest BCUT2D eigenvalue weighted by Crippen LogP contribution is -2.31. The Balaban J connectivity index is 2.34. The second kappa shape index (κ2) is 5.85. The second-order valence-corrected chi connectivity index (χ2v) is 4.70. The molecule has 0 amide bonds. The van der Waals surface area contributed by atoms with E-state index in [4.69, 9.17) is 5.73 Å². The van der Waals surface area contributed by atoms with Gasteiger partial charge in [-0.1, -0.05) is 24.3 Å². The van der Waals surface area contributed by atoms with Gasteiger partial charge >= 0.3 is 0 Å². The van der Waals surface area contributed by atoms with Gasteiger partial charge in [0.1, 0.15) is 5.82 Å². The van der Waals surface area contributed by atoms with E-state index in [-0.39, 0.29) is 11.9 Å². The van der Waals surface area contributed by atoms with Crippen LogP contribution in [0.25, 0.3) is 0 Å². The topological polar surface area (TPSA) is 29.3 Å². The van der Waals surface area contributed by atoms with E-state index in [0.29, 0.717) is 6.54 Å². The molecule has 0 fully saturated rings. The van der Waals surface area contributed by atoms with E-state index in [0.717, 1.165) is 16.8 Å². The van der Waals surface area contributed by atoms with Crippen LogP contribution in [0.5, 0.6) is 0 Å². The summed E-state index contributed by atoms with van der Waals surface area (Å²) in [6, 6.07) is 15.0. The molecule has 2 nitrogen and oxygen atoms in total. The number of hydrogen-bond acceptors (Lipinski definition) is 2. The highest BCUT2D eigenvalue weighted by Gasteiger charge is 2.17. The fourth-order valence-electron chi connectivity index (χ4n) is 2.35. The first-order chi connectivity index (χ1) is 9.13. The van der Waals surface area contributed by atoms with Crippen LogP contribution in [-0.2, 0) is 0 Å². The summed E-state index contributed by atoms with van der Waals surface area (Å²) in [5.74, 6) is -0.209. The van der Waals surface area contributed by atoms with E-state index in [9.17, 15) is 4.39 Å². The van der Waals surface area contributed by atoms with Crippen LogP contribution in [0.15, 0.2) is 48.5 Å². The maximum Gasteiger partial charge on any atom is 0.123 e. The molecule has 0 bridgehead atoms. The van der Waals surface area contributed by atoms with Gasteiger partial charge in [-0.3, -0.25) is 0 Å². The molecule has 0 radical (unpaired) electrons. The Kier molecular flexibility index (Phi) is 4.17. The van der Waals surface area contributed by atoms with Crippen LogP contribution in [0.4, 0.5) is 10.1 Å². The maximum atomic E-state index is 13.2. The molecule has 3 heteroatoms. The van der Waals surface area contributed by atoms with Gasteiger partial charge in [0, 0.05) is 19.3 Å². The number of nitrogens with two attached hydrogens (primary N) is 1. The van der Waals surface area contributed by atoms with Gasteiger partial charge < -0.3 is 10.6 Å². The van der Waals surface area contributed by atoms with E-state index in [1.54, 1.807) is 6.07 Å². The lowest BCUT2D eigenvalue weighted by atomic mass is 9.99. The monoisotopic (exact) mass is 258 g/mol. The number of nitrogens with zero attached hydrogens (tertiary/aromatic N) is 1. The van der Waals surface area contributed by atoms with E-state index >= 15 is 0 Å². The predicted molar refractivity (Wildman–Crippen MR) is 77.8 cm³/mol. The van der Waals surface area contributed by atoms with Crippen molar-refractivity contribution in [1.29, 1.82) is 0 Å².